The number of carbonyl (C=O) groups is 1. The van der Waals surface area contributed by atoms with E-state index in [0.717, 1.165) is 29.7 Å². The Kier molecular flexibility index (Phi) is 4.67. The van der Waals surface area contributed by atoms with Gasteiger partial charge in [0.15, 0.2) is 5.75 Å². The third-order valence-electron chi connectivity index (χ3n) is 6.36. The fraction of sp³-hybridized carbons (Fsp3) is 0.280. The molecule has 3 aromatic rings. The van der Waals surface area contributed by atoms with E-state index in [1.165, 1.54) is 14.2 Å². The van der Waals surface area contributed by atoms with E-state index >= 15 is 0 Å². The molecule has 5 nitrogen and oxygen atoms in total. The van der Waals surface area contributed by atoms with E-state index in [0.29, 0.717) is 28.5 Å². The molecule has 1 aromatic heterocycles. The van der Waals surface area contributed by atoms with Crippen LogP contribution in [0.1, 0.15) is 35.0 Å². The fourth-order valence-electron chi connectivity index (χ4n) is 4.67. The quantitative estimate of drug-likeness (QED) is 0.545. The number of aromatic nitrogens is 1. The second kappa shape index (κ2) is 7.27. The third kappa shape index (κ3) is 2.76. The van der Waals surface area contributed by atoms with Crippen molar-refractivity contribution in [2.24, 2.45) is 5.92 Å². The number of pyridine rings is 1. The van der Waals surface area contributed by atoms with Crippen LogP contribution in [0, 0.1) is 5.92 Å². The second-order valence-electron chi connectivity index (χ2n) is 7.98. The molecule has 0 radical (unpaired) electrons. The molecule has 2 heterocycles. The number of aryl methyl sites for hydroxylation is 1. The first kappa shape index (κ1) is 19.9. The molecule has 1 spiro atoms. The van der Waals surface area contributed by atoms with Gasteiger partial charge in [-0.25, -0.2) is 4.98 Å². The minimum Gasteiger partial charge on any atom is -0.496 e. The summed E-state index contributed by atoms with van der Waals surface area (Å²) in [5, 5.41) is 0.266. The maximum absolute atomic E-state index is 14.0. The molecule has 6 heteroatoms. The van der Waals surface area contributed by atoms with Gasteiger partial charge in [0.2, 0.25) is 11.4 Å². The SMILES string of the molecule is COc1cc(OC)c2c(c1Cl)O[C@]1(C2=O)c2nc(-c3ccccc3)ccc2CC[C@H]1C. The second-order valence-corrected chi connectivity index (χ2v) is 8.35. The van der Waals surface area contributed by atoms with Crippen molar-refractivity contribution in [3.05, 3.63) is 70.4 Å². The lowest BCUT2D eigenvalue weighted by atomic mass is 9.72. The Morgan fingerprint density at radius 1 is 1.10 bits per heavy atom. The highest BCUT2D eigenvalue weighted by Crippen LogP contribution is 2.56. The van der Waals surface area contributed by atoms with E-state index in [2.05, 4.69) is 6.07 Å². The summed E-state index contributed by atoms with van der Waals surface area (Å²) in [7, 11) is 3.04. The first-order chi connectivity index (χ1) is 15.0. The van der Waals surface area contributed by atoms with Crippen LogP contribution in [-0.2, 0) is 12.0 Å². The van der Waals surface area contributed by atoms with Crippen LogP contribution in [0.5, 0.6) is 17.2 Å². The van der Waals surface area contributed by atoms with Crippen LogP contribution in [0.4, 0.5) is 0 Å². The van der Waals surface area contributed by atoms with Gasteiger partial charge in [-0.05, 0) is 24.5 Å². The first-order valence-corrected chi connectivity index (χ1v) is 10.6. The summed E-state index contributed by atoms with van der Waals surface area (Å²) in [6, 6.07) is 15.6. The molecule has 0 saturated carbocycles. The van der Waals surface area contributed by atoms with Gasteiger partial charge in [-0.2, -0.15) is 0 Å². The number of hydrogen-bond donors (Lipinski definition) is 0. The number of Topliss-reactive ketones (excluding diaryl/α,β-unsaturated/α-hetero) is 1. The smallest absolute Gasteiger partial charge is 0.220 e. The number of carbonyl (C=O) groups excluding carboxylic acids is 1. The van der Waals surface area contributed by atoms with Crippen LogP contribution in [0.3, 0.4) is 0 Å². The molecule has 0 unspecified atom stereocenters. The van der Waals surface area contributed by atoms with Gasteiger partial charge in [0.25, 0.3) is 0 Å². The number of methoxy groups -OCH3 is 2. The number of hydrogen-bond acceptors (Lipinski definition) is 5. The molecule has 0 saturated heterocycles. The normalized spacial score (nSPS) is 21.4. The van der Waals surface area contributed by atoms with Gasteiger partial charge in [-0.1, -0.05) is 54.9 Å². The molecule has 0 fully saturated rings. The van der Waals surface area contributed by atoms with Crippen molar-refractivity contribution in [1.29, 1.82) is 0 Å². The summed E-state index contributed by atoms with van der Waals surface area (Å²) >= 11 is 6.57. The summed E-state index contributed by atoms with van der Waals surface area (Å²) in [5.41, 5.74) is 2.56. The number of halogens is 1. The van der Waals surface area contributed by atoms with Crippen LogP contribution in [0.2, 0.25) is 5.02 Å². The molecule has 158 valence electrons. The number of ether oxygens (including phenoxy) is 3. The maximum Gasteiger partial charge on any atom is 0.220 e. The van der Waals surface area contributed by atoms with Crippen molar-refractivity contribution in [2.45, 2.75) is 25.4 Å². The molecule has 0 amide bonds. The summed E-state index contributed by atoms with van der Waals surface area (Å²) in [5.74, 6) is 0.822. The zero-order valence-electron chi connectivity index (χ0n) is 17.6. The van der Waals surface area contributed by atoms with Crippen LogP contribution < -0.4 is 14.2 Å². The van der Waals surface area contributed by atoms with Crippen LogP contribution in [-0.4, -0.2) is 25.0 Å². The summed E-state index contributed by atoms with van der Waals surface area (Å²) < 4.78 is 17.4. The first-order valence-electron chi connectivity index (χ1n) is 10.2. The number of nitrogens with zero attached hydrogens (tertiary/aromatic N) is 1. The molecule has 0 N–H and O–H groups in total. The van der Waals surface area contributed by atoms with Crippen LogP contribution in [0.15, 0.2) is 48.5 Å². The van der Waals surface area contributed by atoms with Crippen molar-refractivity contribution in [3.63, 3.8) is 0 Å². The zero-order chi connectivity index (χ0) is 21.8. The van der Waals surface area contributed by atoms with E-state index in [9.17, 15) is 4.79 Å². The maximum atomic E-state index is 14.0. The van der Waals surface area contributed by atoms with Gasteiger partial charge >= 0.3 is 0 Å². The van der Waals surface area contributed by atoms with Crippen LogP contribution in [0.25, 0.3) is 11.3 Å². The Balaban J connectivity index is 1.74. The lowest BCUT2D eigenvalue weighted by Crippen LogP contribution is -2.47. The molecule has 2 atom stereocenters. The van der Waals surface area contributed by atoms with E-state index in [-0.39, 0.29) is 16.7 Å². The number of benzene rings is 2. The molecule has 31 heavy (non-hydrogen) atoms. The van der Waals surface area contributed by atoms with Crippen molar-refractivity contribution < 1.29 is 19.0 Å². The summed E-state index contributed by atoms with van der Waals surface area (Å²) in [6.45, 7) is 2.03. The molecule has 2 aromatic carbocycles. The molecule has 0 bridgehead atoms. The monoisotopic (exact) mass is 435 g/mol. The van der Waals surface area contributed by atoms with Gasteiger partial charge in [-0.3, -0.25) is 4.79 Å². The molecular formula is C25H22ClNO4. The highest BCUT2D eigenvalue weighted by atomic mass is 35.5. The zero-order valence-corrected chi connectivity index (χ0v) is 18.3. The van der Waals surface area contributed by atoms with E-state index in [4.69, 9.17) is 30.8 Å². The topological polar surface area (TPSA) is 57.7 Å². The molecule has 2 aliphatic rings. The van der Waals surface area contributed by atoms with Gasteiger partial charge in [0, 0.05) is 17.5 Å². The predicted octanol–water partition coefficient (Wildman–Crippen LogP) is 5.47. The number of fused-ring (bicyclic) bond motifs is 3. The van der Waals surface area contributed by atoms with Gasteiger partial charge in [0.05, 0.1) is 25.6 Å². The largest absolute Gasteiger partial charge is 0.496 e. The third-order valence-corrected chi connectivity index (χ3v) is 6.72. The lowest BCUT2D eigenvalue weighted by molar-refractivity contribution is 0.0188. The average molecular weight is 436 g/mol. The highest BCUT2D eigenvalue weighted by molar-refractivity contribution is 6.35. The Hall–Kier alpha value is -3.05. The minimum absolute atomic E-state index is 0.0924. The Labute approximate surface area is 185 Å². The standard InChI is InChI=1S/C25H22ClNO4/c1-14-9-10-16-11-12-17(15-7-5-4-6-8-15)27-23(16)25(14)24(28)20-18(29-2)13-19(30-3)21(26)22(20)31-25/h4-8,11-14H,9-10H2,1-3H3/t14-,25+/m1/s1. The van der Waals surface area contributed by atoms with E-state index < -0.39 is 5.60 Å². The van der Waals surface area contributed by atoms with E-state index in [1.54, 1.807) is 6.07 Å². The van der Waals surface area contributed by atoms with E-state index in [1.807, 2.05) is 43.3 Å². The Bertz CT molecular complexity index is 1190. The molecule has 1 aliphatic carbocycles. The van der Waals surface area contributed by atoms with Crippen molar-refractivity contribution in [1.82, 2.24) is 4.98 Å². The molecule has 5 rings (SSSR count). The average Bonchev–Trinajstić information content (AvgIpc) is 3.12. The fourth-order valence-corrected chi connectivity index (χ4v) is 4.94. The number of ketones is 1. The minimum atomic E-state index is -1.25. The van der Waals surface area contributed by atoms with Gasteiger partial charge < -0.3 is 14.2 Å². The summed E-state index contributed by atoms with van der Waals surface area (Å²) in [4.78, 5) is 19.0. The van der Waals surface area contributed by atoms with Gasteiger partial charge in [0.1, 0.15) is 22.1 Å². The van der Waals surface area contributed by atoms with Crippen molar-refractivity contribution >= 4 is 17.4 Å². The number of rotatable bonds is 3. The Morgan fingerprint density at radius 3 is 2.55 bits per heavy atom. The van der Waals surface area contributed by atoms with Crippen molar-refractivity contribution in [3.8, 4) is 28.5 Å². The predicted molar refractivity (Wildman–Crippen MR) is 118 cm³/mol. The Morgan fingerprint density at radius 2 is 1.84 bits per heavy atom. The summed E-state index contributed by atoms with van der Waals surface area (Å²) in [6.07, 6.45) is 1.64. The van der Waals surface area contributed by atoms with Crippen molar-refractivity contribution in [2.75, 3.05) is 14.2 Å². The molecule has 1 aliphatic heterocycles. The molecular weight excluding hydrogens is 414 g/mol. The van der Waals surface area contributed by atoms with Crippen LogP contribution >= 0.6 is 11.6 Å². The highest BCUT2D eigenvalue weighted by Gasteiger charge is 2.58. The lowest BCUT2D eigenvalue weighted by Gasteiger charge is -2.38. The van der Waals surface area contributed by atoms with Gasteiger partial charge in [-0.15, -0.1) is 0 Å².